The number of carboxylic acids is 1. The fraction of sp³-hybridized carbons (Fsp3) is 0.0588. The SMILES string of the molecule is O=C(C=Cc1cccc2c1OCO2)Nc1ccccc1C(=O)O. The van der Waals surface area contributed by atoms with Crippen molar-refractivity contribution in [2.75, 3.05) is 12.1 Å². The van der Waals surface area contributed by atoms with Gasteiger partial charge in [0.05, 0.1) is 11.3 Å². The Labute approximate surface area is 132 Å². The van der Waals surface area contributed by atoms with Crippen LogP contribution in [0.1, 0.15) is 15.9 Å². The molecule has 2 N–H and O–H groups in total. The van der Waals surface area contributed by atoms with Crippen LogP contribution in [0.3, 0.4) is 0 Å². The Balaban J connectivity index is 1.76. The molecule has 0 aromatic heterocycles. The zero-order valence-corrected chi connectivity index (χ0v) is 12.0. The van der Waals surface area contributed by atoms with Crippen molar-refractivity contribution in [3.63, 3.8) is 0 Å². The number of anilines is 1. The Hall–Kier alpha value is -3.28. The van der Waals surface area contributed by atoms with Gasteiger partial charge >= 0.3 is 5.97 Å². The number of nitrogens with one attached hydrogen (secondary N) is 1. The molecule has 0 bridgehead atoms. The van der Waals surface area contributed by atoms with E-state index in [1.807, 2.05) is 0 Å². The molecule has 0 aliphatic carbocycles. The van der Waals surface area contributed by atoms with Gasteiger partial charge in [0.15, 0.2) is 11.5 Å². The number of rotatable bonds is 4. The van der Waals surface area contributed by atoms with Gasteiger partial charge in [-0.15, -0.1) is 0 Å². The smallest absolute Gasteiger partial charge is 0.337 e. The summed E-state index contributed by atoms with van der Waals surface area (Å²) in [4.78, 5) is 23.1. The van der Waals surface area contributed by atoms with Crippen molar-refractivity contribution in [2.24, 2.45) is 0 Å². The number of carbonyl (C=O) groups is 2. The molecule has 116 valence electrons. The van der Waals surface area contributed by atoms with Gasteiger partial charge in [-0.05, 0) is 24.3 Å². The van der Waals surface area contributed by atoms with E-state index < -0.39 is 11.9 Å². The fourth-order valence-corrected chi connectivity index (χ4v) is 2.20. The first-order valence-corrected chi connectivity index (χ1v) is 6.85. The number of carboxylic acid groups (broad SMARTS) is 1. The molecule has 1 amide bonds. The summed E-state index contributed by atoms with van der Waals surface area (Å²) < 4.78 is 10.6. The maximum absolute atomic E-state index is 12.0. The van der Waals surface area contributed by atoms with Gasteiger partial charge in [0.2, 0.25) is 12.7 Å². The first-order chi connectivity index (χ1) is 11.1. The minimum absolute atomic E-state index is 0.0339. The third-order valence-corrected chi connectivity index (χ3v) is 3.26. The van der Waals surface area contributed by atoms with Crippen LogP contribution in [-0.2, 0) is 4.79 Å². The van der Waals surface area contributed by atoms with Crippen LogP contribution in [0.4, 0.5) is 5.69 Å². The summed E-state index contributed by atoms with van der Waals surface area (Å²) in [6, 6.07) is 11.6. The number of fused-ring (bicyclic) bond motifs is 1. The highest BCUT2D eigenvalue weighted by molar-refractivity contribution is 6.06. The lowest BCUT2D eigenvalue weighted by molar-refractivity contribution is -0.111. The Kier molecular flexibility index (Phi) is 3.97. The normalized spacial score (nSPS) is 12.3. The highest BCUT2D eigenvalue weighted by atomic mass is 16.7. The first kappa shape index (κ1) is 14.6. The Morgan fingerprint density at radius 2 is 1.91 bits per heavy atom. The van der Waals surface area contributed by atoms with Gasteiger partial charge in [0.1, 0.15) is 0 Å². The zero-order valence-electron chi connectivity index (χ0n) is 12.0. The van der Waals surface area contributed by atoms with Crippen molar-refractivity contribution in [1.82, 2.24) is 0 Å². The van der Waals surface area contributed by atoms with Gasteiger partial charge in [0.25, 0.3) is 0 Å². The van der Waals surface area contributed by atoms with Crippen molar-refractivity contribution in [1.29, 1.82) is 0 Å². The lowest BCUT2D eigenvalue weighted by Gasteiger charge is -2.06. The second kappa shape index (κ2) is 6.23. The van der Waals surface area contributed by atoms with Crippen molar-refractivity contribution in [3.8, 4) is 11.5 Å². The molecule has 0 spiro atoms. The summed E-state index contributed by atoms with van der Waals surface area (Å²) in [5.41, 5.74) is 0.987. The zero-order chi connectivity index (χ0) is 16.2. The average Bonchev–Trinajstić information content (AvgIpc) is 3.02. The second-order valence-electron chi connectivity index (χ2n) is 4.75. The molecule has 0 saturated carbocycles. The third kappa shape index (κ3) is 3.16. The summed E-state index contributed by atoms with van der Waals surface area (Å²) >= 11 is 0. The summed E-state index contributed by atoms with van der Waals surface area (Å²) in [6.45, 7) is 0.151. The minimum atomic E-state index is -1.10. The maximum Gasteiger partial charge on any atom is 0.337 e. The molecule has 2 aromatic rings. The van der Waals surface area contributed by atoms with E-state index in [-0.39, 0.29) is 18.0 Å². The minimum Gasteiger partial charge on any atom is -0.478 e. The molecule has 1 aliphatic rings. The van der Waals surface area contributed by atoms with Crippen LogP contribution in [-0.4, -0.2) is 23.8 Å². The standard InChI is InChI=1S/C17H13NO5/c19-15(18-13-6-2-1-5-12(13)17(20)21)9-8-11-4-3-7-14-16(11)23-10-22-14/h1-9H,10H2,(H,18,19)(H,20,21). The van der Waals surface area contributed by atoms with Gasteiger partial charge in [-0.2, -0.15) is 0 Å². The summed E-state index contributed by atoms with van der Waals surface area (Å²) in [6.07, 6.45) is 2.90. The molecule has 6 nitrogen and oxygen atoms in total. The number of amides is 1. The number of carbonyl (C=O) groups excluding carboxylic acids is 1. The van der Waals surface area contributed by atoms with Crippen molar-refractivity contribution in [2.45, 2.75) is 0 Å². The molecule has 23 heavy (non-hydrogen) atoms. The molecule has 0 radical (unpaired) electrons. The van der Waals surface area contributed by atoms with Crippen LogP contribution in [0, 0.1) is 0 Å². The quantitative estimate of drug-likeness (QED) is 0.848. The lowest BCUT2D eigenvalue weighted by Crippen LogP contribution is -2.11. The highest BCUT2D eigenvalue weighted by Crippen LogP contribution is 2.35. The van der Waals surface area contributed by atoms with Gasteiger partial charge in [-0.1, -0.05) is 24.3 Å². The first-order valence-electron chi connectivity index (χ1n) is 6.85. The van der Waals surface area contributed by atoms with Crippen molar-refractivity contribution in [3.05, 3.63) is 59.7 Å². The molecule has 0 unspecified atom stereocenters. The number of hydrogen-bond donors (Lipinski definition) is 2. The predicted molar refractivity (Wildman–Crippen MR) is 83.6 cm³/mol. The molecule has 1 heterocycles. The molecule has 2 aromatic carbocycles. The number of ether oxygens (including phenoxy) is 2. The summed E-state index contributed by atoms with van der Waals surface area (Å²) in [5, 5.41) is 11.6. The van der Waals surface area contributed by atoms with E-state index in [4.69, 9.17) is 14.6 Å². The molecule has 0 saturated heterocycles. The fourth-order valence-electron chi connectivity index (χ4n) is 2.20. The van der Waals surface area contributed by atoms with E-state index in [0.29, 0.717) is 17.1 Å². The third-order valence-electron chi connectivity index (χ3n) is 3.26. The molecule has 6 heteroatoms. The van der Waals surface area contributed by atoms with Crippen LogP contribution in [0.5, 0.6) is 11.5 Å². The molecule has 3 rings (SSSR count). The number of hydrogen-bond acceptors (Lipinski definition) is 4. The Bertz CT molecular complexity index is 797. The van der Waals surface area contributed by atoms with Crippen LogP contribution >= 0.6 is 0 Å². The topological polar surface area (TPSA) is 84.9 Å². The van der Waals surface area contributed by atoms with E-state index in [9.17, 15) is 9.59 Å². The summed E-state index contributed by atoms with van der Waals surface area (Å²) in [5.74, 6) is -0.321. The van der Waals surface area contributed by atoms with Crippen LogP contribution < -0.4 is 14.8 Å². The van der Waals surface area contributed by atoms with E-state index in [1.165, 1.54) is 18.2 Å². The highest BCUT2D eigenvalue weighted by Gasteiger charge is 2.16. The monoisotopic (exact) mass is 311 g/mol. The average molecular weight is 311 g/mol. The number of aromatic carboxylic acids is 1. The van der Waals surface area contributed by atoms with Crippen LogP contribution in [0.15, 0.2) is 48.5 Å². The predicted octanol–water partition coefficient (Wildman–Crippen LogP) is 2.77. The van der Waals surface area contributed by atoms with E-state index >= 15 is 0 Å². The number of para-hydroxylation sites is 2. The molecule has 0 atom stereocenters. The van der Waals surface area contributed by atoms with Crippen molar-refractivity contribution < 1.29 is 24.2 Å². The van der Waals surface area contributed by atoms with E-state index in [2.05, 4.69) is 5.32 Å². The largest absolute Gasteiger partial charge is 0.478 e. The Morgan fingerprint density at radius 1 is 1.09 bits per heavy atom. The van der Waals surface area contributed by atoms with Gasteiger partial charge in [-0.25, -0.2) is 4.79 Å². The molecule has 0 fully saturated rings. The van der Waals surface area contributed by atoms with E-state index in [0.717, 1.165) is 0 Å². The molecular weight excluding hydrogens is 298 g/mol. The van der Waals surface area contributed by atoms with Crippen LogP contribution in [0.2, 0.25) is 0 Å². The Morgan fingerprint density at radius 3 is 2.74 bits per heavy atom. The number of benzene rings is 2. The van der Waals surface area contributed by atoms with Crippen LogP contribution in [0.25, 0.3) is 6.08 Å². The molecule has 1 aliphatic heterocycles. The summed E-state index contributed by atoms with van der Waals surface area (Å²) in [7, 11) is 0. The van der Waals surface area contributed by atoms with E-state index in [1.54, 1.807) is 36.4 Å². The van der Waals surface area contributed by atoms with Crippen molar-refractivity contribution >= 4 is 23.6 Å². The second-order valence-corrected chi connectivity index (χ2v) is 4.75. The molecular formula is C17H13NO5. The van der Waals surface area contributed by atoms with Gasteiger partial charge in [0, 0.05) is 11.6 Å². The lowest BCUT2D eigenvalue weighted by atomic mass is 10.1. The maximum atomic E-state index is 12.0. The van der Waals surface area contributed by atoms with Gasteiger partial charge < -0.3 is 19.9 Å². The van der Waals surface area contributed by atoms with Gasteiger partial charge in [-0.3, -0.25) is 4.79 Å².